The van der Waals surface area contributed by atoms with Gasteiger partial charge in [-0.25, -0.2) is 14.2 Å². The number of rotatable bonds is 4. The van der Waals surface area contributed by atoms with Gasteiger partial charge in [0.05, 0.1) is 33.4 Å². The van der Waals surface area contributed by atoms with Crippen LogP contribution in [0, 0.1) is 17.1 Å². The van der Waals surface area contributed by atoms with Gasteiger partial charge in [0.1, 0.15) is 11.9 Å². The van der Waals surface area contributed by atoms with E-state index in [9.17, 15) is 27.2 Å². The number of amides is 2. The Bertz CT molecular complexity index is 1570. The van der Waals surface area contributed by atoms with Crippen molar-refractivity contribution in [1.29, 1.82) is 5.26 Å². The van der Waals surface area contributed by atoms with E-state index in [1.54, 1.807) is 0 Å². The highest BCUT2D eigenvalue weighted by atomic mass is 35.5. The molecule has 0 aliphatic rings. The Hall–Kier alpha value is -4.56. The number of hydrogen-bond donors (Lipinski definition) is 2. The number of benzene rings is 3. The number of anilines is 2. The highest BCUT2D eigenvalue weighted by Gasteiger charge is 2.33. The SMILES string of the molecule is N#Cc1cnc2ccc(C(=O)c3ccc(NC(=O)Nc4ccc(Cl)c(C(F)(F)F)c4)cc3F)cc2n1. The number of alkyl halides is 3. The molecule has 3 aromatic carbocycles. The number of ketones is 1. The Morgan fingerprint density at radius 1 is 0.944 bits per heavy atom. The van der Waals surface area contributed by atoms with E-state index in [0.29, 0.717) is 11.6 Å². The second-order valence-corrected chi connectivity index (χ2v) is 7.77. The van der Waals surface area contributed by atoms with E-state index in [1.807, 2.05) is 6.07 Å². The number of nitrogens with zero attached hydrogens (tertiary/aromatic N) is 3. The summed E-state index contributed by atoms with van der Waals surface area (Å²) in [4.78, 5) is 33.1. The van der Waals surface area contributed by atoms with Crippen LogP contribution in [0.4, 0.5) is 33.7 Å². The van der Waals surface area contributed by atoms with Crippen LogP contribution in [0.5, 0.6) is 0 Å². The van der Waals surface area contributed by atoms with Crippen molar-refractivity contribution in [3.63, 3.8) is 0 Å². The van der Waals surface area contributed by atoms with Crippen LogP contribution in [0.1, 0.15) is 27.2 Å². The molecule has 1 heterocycles. The molecule has 0 aliphatic heterocycles. The van der Waals surface area contributed by atoms with Gasteiger partial charge >= 0.3 is 12.2 Å². The third-order valence-corrected chi connectivity index (χ3v) is 5.25. The molecular formula is C24H12ClF4N5O2. The fraction of sp³-hybridized carbons (Fsp3) is 0.0417. The highest BCUT2D eigenvalue weighted by molar-refractivity contribution is 6.31. The van der Waals surface area contributed by atoms with Gasteiger partial charge in [-0.15, -0.1) is 0 Å². The quantitative estimate of drug-likeness (QED) is 0.250. The van der Waals surface area contributed by atoms with Crippen LogP contribution in [-0.2, 0) is 6.18 Å². The molecule has 2 N–H and O–H groups in total. The third kappa shape index (κ3) is 5.24. The summed E-state index contributed by atoms with van der Waals surface area (Å²) in [5.41, 5.74) is -0.764. The molecule has 12 heteroatoms. The van der Waals surface area contributed by atoms with Gasteiger partial charge in [0.2, 0.25) is 0 Å². The lowest BCUT2D eigenvalue weighted by Crippen LogP contribution is -2.20. The molecule has 0 saturated heterocycles. The molecular weight excluding hydrogens is 502 g/mol. The van der Waals surface area contributed by atoms with Crippen molar-refractivity contribution in [1.82, 2.24) is 9.97 Å². The van der Waals surface area contributed by atoms with Crippen molar-refractivity contribution in [3.05, 3.63) is 94.0 Å². The first-order valence-electron chi connectivity index (χ1n) is 10.0. The number of urea groups is 1. The van der Waals surface area contributed by atoms with Gasteiger partial charge < -0.3 is 10.6 Å². The summed E-state index contributed by atoms with van der Waals surface area (Å²) in [5, 5.41) is 12.9. The van der Waals surface area contributed by atoms with Crippen molar-refractivity contribution < 1.29 is 27.2 Å². The van der Waals surface area contributed by atoms with Gasteiger partial charge in [-0.3, -0.25) is 9.78 Å². The normalized spacial score (nSPS) is 11.1. The van der Waals surface area contributed by atoms with Gasteiger partial charge in [0.15, 0.2) is 11.5 Å². The topological polar surface area (TPSA) is 108 Å². The molecule has 36 heavy (non-hydrogen) atoms. The minimum absolute atomic E-state index is 0.0467. The summed E-state index contributed by atoms with van der Waals surface area (Å²) >= 11 is 5.55. The molecule has 0 saturated carbocycles. The summed E-state index contributed by atoms with van der Waals surface area (Å²) in [6, 6.07) is 11.4. The van der Waals surface area contributed by atoms with Crippen molar-refractivity contribution >= 4 is 45.8 Å². The van der Waals surface area contributed by atoms with Crippen LogP contribution in [0.25, 0.3) is 11.0 Å². The Balaban J connectivity index is 1.50. The van der Waals surface area contributed by atoms with E-state index in [2.05, 4.69) is 20.6 Å². The number of hydrogen-bond acceptors (Lipinski definition) is 5. The number of carbonyl (C=O) groups is 2. The zero-order valence-corrected chi connectivity index (χ0v) is 18.6. The van der Waals surface area contributed by atoms with E-state index < -0.39 is 34.4 Å². The number of fused-ring (bicyclic) bond motifs is 1. The zero-order valence-electron chi connectivity index (χ0n) is 17.8. The summed E-state index contributed by atoms with van der Waals surface area (Å²) in [6.07, 6.45) is -3.43. The highest BCUT2D eigenvalue weighted by Crippen LogP contribution is 2.36. The standard InChI is InChI=1S/C24H12ClF4N5O2/c25-18-5-3-13(8-17(18)24(27,28)29)33-23(36)34-14-2-4-16(19(26)9-14)22(35)12-1-6-20-21(7-12)32-15(10-30)11-31-20/h1-9,11H,(H2,33,34,36). The van der Waals surface area contributed by atoms with E-state index in [0.717, 1.165) is 18.2 Å². The maximum Gasteiger partial charge on any atom is 0.417 e. The molecule has 0 radical (unpaired) electrons. The summed E-state index contributed by atoms with van der Waals surface area (Å²) in [5.74, 6) is -1.61. The van der Waals surface area contributed by atoms with Crippen LogP contribution < -0.4 is 10.6 Å². The first-order chi connectivity index (χ1) is 17.0. The Kier molecular flexibility index (Phi) is 6.55. The maximum absolute atomic E-state index is 14.7. The second kappa shape index (κ2) is 9.59. The largest absolute Gasteiger partial charge is 0.417 e. The van der Waals surface area contributed by atoms with Crippen molar-refractivity contribution in [2.24, 2.45) is 0 Å². The predicted molar refractivity (Wildman–Crippen MR) is 123 cm³/mol. The molecule has 0 fully saturated rings. The lowest BCUT2D eigenvalue weighted by atomic mass is 10.0. The number of nitriles is 1. The average molecular weight is 514 g/mol. The molecule has 1 aromatic heterocycles. The Morgan fingerprint density at radius 3 is 2.31 bits per heavy atom. The lowest BCUT2D eigenvalue weighted by molar-refractivity contribution is -0.137. The minimum atomic E-state index is -4.72. The van der Waals surface area contributed by atoms with Gasteiger partial charge in [-0.1, -0.05) is 11.6 Å². The summed E-state index contributed by atoms with van der Waals surface area (Å²) in [6.45, 7) is 0. The molecule has 7 nitrogen and oxygen atoms in total. The fourth-order valence-electron chi connectivity index (χ4n) is 3.25. The molecule has 0 spiro atoms. The number of carbonyl (C=O) groups excluding carboxylic acids is 2. The van der Waals surface area contributed by atoms with Gasteiger partial charge in [0, 0.05) is 16.9 Å². The second-order valence-electron chi connectivity index (χ2n) is 7.37. The van der Waals surface area contributed by atoms with Crippen molar-refractivity contribution in [2.45, 2.75) is 6.18 Å². The maximum atomic E-state index is 14.7. The van der Waals surface area contributed by atoms with Crippen LogP contribution in [0.2, 0.25) is 5.02 Å². The van der Waals surface area contributed by atoms with E-state index in [1.165, 1.54) is 36.5 Å². The molecule has 4 rings (SSSR count). The molecule has 2 amide bonds. The predicted octanol–water partition coefficient (Wildman–Crippen LogP) is 6.19. The van der Waals surface area contributed by atoms with Crippen molar-refractivity contribution in [2.75, 3.05) is 10.6 Å². The van der Waals surface area contributed by atoms with Gasteiger partial charge in [-0.05, 0) is 54.6 Å². The van der Waals surface area contributed by atoms with Crippen molar-refractivity contribution in [3.8, 4) is 6.07 Å². The monoisotopic (exact) mass is 513 g/mol. The average Bonchev–Trinajstić information content (AvgIpc) is 2.83. The molecule has 0 aliphatic carbocycles. The number of halogens is 5. The number of nitrogens with one attached hydrogen (secondary N) is 2. The van der Waals surface area contributed by atoms with Gasteiger partial charge in [-0.2, -0.15) is 18.4 Å². The first kappa shape index (κ1) is 24.6. The minimum Gasteiger partial charge on any atom is -0.308 e. The molecule has 0 atom stereocenters. The lowest BCUT2D eigenvalue weighted by Gasteiger charge is -2.13. The molecule has 0 bridgehead atoms. The summed E-state index contributed by atoms with van der Waals surface area (Å²) < 4.78 is 53.7. The smallest absolute Gasteiger partial charge is 0.308 e. The number of aromatic nitrogens is 2. The van der Waals surface area contributed by atoms with Crippen LogP contribution in [-0.4, -0.2) is 21.8 Å². The van der Waals surface area contributed by atoms with Gasteiger partial charge in [0.25, 0.3) is 0 Å². The molecule has 0 unspecified atom stereocenters. The summed E-state index contributed by atoms with van der Waals surface area (Å²) in [7, 11) is 0. The van der Waals surface area contributed by atoms with Crippen LogP contribution in [0.3, 0.4) is 0 Å². The van der Waals surface area contributed by atoms with E-state index >= 15 is 0 Å². The third-order valence-electron chi connectivity index (χ3n) is 4.92. The van der Waals surface area contributed by atoms with E-state index in [4.69, 9.17) is 16.9 Å². The van der Waals surface area contributed by atoms with E-state index in [-0.39, 0.29) is 33.7 Å². The zero-order chi connectivity index (χ0) is 26.0. The Morgan fingerprint density at radius 2 is 1.64 bits per heavy atom. The van der Waals surface area contributed by atoms with Crippen LogP contribution >= 0.6 is 11.6 Å². The fourth-order valence-corrected chi connectivity index (χ4v) is 3.48. The Labute approximate surface area is 205 Å². The first-order valence-corrected chi connectivity index (χ1v) is 10.4. The molecule has 180 valence electrons. The van der Waals surface area contributed by atoms with Crippen LogP contribution in [0.15, 0.2) is 60.8 Å². The molecule has 4 aromatic rings.